The van der Waals surface area contributed by atoms with Gasteiger partial charge in [-0.15, -0.1) is 0 Å². The molecule has 6 heteroatoms. The second-order valence-corrected chi connectivity index (χ2v) is 8.13. The Morgan fingerprint density at radius 3 is 2.43 bits per heavy atom. The molecule has 1 amide bonds. The zero-order valence-electron chi connectivity index (χ0n) is 17.3. The van der Waals surface area contributed by atoms with E-state index in [-0.39, 0.29) is 11.3 Å². The molecule has 30 heavy (non-hydrogen) atoms. The Bertz CT molecular complexity index is 1150. The maximum atomic E-state index is 13.0. The van der Waals surface area contributed by atoms with Crippen LogP contribution in [0.3, 0.4) is 0 Å². The lowest BCUT2D eigenvalue weighted by atomic mass is 9.70. The van der Waals surface area contributed by atoms with Crippen LogP contribution in [0, 0.1) is 6.92 Å². The lowest BCUT2D eigenvalue weighted by molar-refractivity contribution is 0.0677. The van der Waals surface area contributed by atoms with Crippen LogP contribution in [0.15, 0.2) is 67.0 Å². The Labute approximate surface area is 175 Å². The van der Waals surface area contributed by atoms with Gasteiger partial charge in [0.25, 0.3) is 5.91 Å². The van der Waals surface area contributed by atoms with Gasteiger partial charge in [-0.3, -0.25) is 9.48 Å². The fourth-order valence-corrected chi connectivity index (χ4v) is 4.53. The third kappa shape index (κ3) is 3.00. The molecule has 6 nitrogen and oxygen atoms in total. The second kappa shape index (κ2) is 7.13. The van der Waals surface area contributed by atoms with E-state index in [2.05, 4.69) is 40.0 Å². The van der Waals surface area contributed by atoms with Crippen molar-refractivity contribution in [2.24, 2.45) is 7.05 Å². The molecule has 5 rings (SSSR count). The lowest BCUT2D eigenvalue weighted by Gasteiger charge is -2.41. The highest BCUT2D eigenvalue weighted by Crippen LogP contribution is 2.41. The summed E-state index contributed by atoms with van der Waals surface area (Å²) in [5, 5.41) is 4.38. The summed E-state index contributed by atoms with van der Waals surface area (Å²) in [6.45, 7) is 3.32. The predicted molar refractivity (Wildman–Crippen MR) is 115 cm³/mol. The number of hydrogen-bond donors (Lipinski definition) is 0. The molecule has 4 heterocycles. The Balaban J connectivity index is 1.48. The normalized spacial score (nSPS) is 16.1. The van der Waals surface area contributed by atoms with Gasteiger partial charge in [0, 0.05) is 43.6 Å². The number of likely N-dealkylation sites (tertiary alicyclic amines) is 1. The number of piperidine rings is 1. The van der Waals surface area contributed by atoms with E-state index in [4.69, 9.17) is 4.98 Å². The molecule has 0 aliphatic carbocycles. The van der Waals surface area contributed by atoms with Gasteiger partial charge in [-0.05, 0) is 43.5 Å². The van der Waals surface area contributed by atoms with Crippen molar-refractivity contribution in [3.05, 3.63) is 89.6 Å². The number of imidazole rings is 1. The highest BCUT2D eigenvalue weighted by molar-refractivity contribution is 5.92. The first kappa shape index (κ1) is 18.6. The summed E-state index contributed by atoms with van der Waals surface area (Å²) in [6, 6.07) is 18.5. The quantitative estimate of drug-likeness (QED) is 0.529. The summed E-state index contributed by atoms with van der Waals surface area (Å²) in [6.07, 6.45) is 5.84. The maximum absolute atomic E-state index is 13.0. The number of rotatable bonds is 3. The van der Waals surface area contributed by atoms with Crippen LogP contribution < -0.4 is 0 Å². The van der Waals surface area contributed by atoms with E-state index < -0.39 is 0 Å². The summed E-state index contributed by atoms with van der Waals surface area (Å²) in [5.74, 6) is 0.00960. The first-order valence-corrected chi connectivity index (χ1v) is 10.4. The van der Waals surface area contributed by atoms with E-state index in [0.29, 0.717) is 18.8 Å². The zero-order valence-corrected chi connectivity index (χ0v) is 17.3. The molecule has 3 aromatic heterocycles. The molecule has 1 aliphatic heterocycles. The minimum Gasteiger partial charge on any atom is -0.337 e. The summed E-state index contributed by atoms with van der Waals surface area (Å²) >= 11 is 0. The van der Waals surface area contributed by atoms with Crippen LogP contribution in [0.2, 0.25) is 0 Å². The molecule has 1 fully saturated rings. The van der Waals surface area contributed by atoms with E-state index in [9.17, 15) is 4.79 Å². The highest BCUT2D eigenvalue weighted by Gasteiger charge is 2.41. The van der Waals surface area contributed by atoms with Gasteiger partial charge in [0.2, 0.25) is 0 Å². The second-order valence-electron chi connectivity index (χ2n) is 8.13. The zero-order chi connectivity index (χ0) is 20.7. The molecule has 1 aliphatic rings. The maximum Gasteiger partial charge on any atom is 0.274 e. The Hall–Kier alpha value is -3.41. The minimum atomic E-state index is -0.204. The summed E-state index contributed by atoms with van der Waals surface area (Å²) < 4.78 is 3.83. The number of amides is 1. The van der Waals surface area contributed by atoms with Crippen molar-refractivity contribution >= 4 is 11.6 Å². The van der Waals surface area contributed by atoms with Crippen LogP contribution >= 0.6 is 0 Å². The topological polar surface area (TPSA) is 55.4 Å². The number of carbonyl (C=O) groups excluding carboxylic acids is 1. The smallest absolute Gasteiger partial charge is 0.274 e. The number of fused-ring (bicyclic) bond motifs is 1. The lowest BCUT2D eigenvalue weighted by Crippen LogP contribution is -2.46. The standard InChI is InChI=1S/C24H25N5O/c1-18-16-20(26-27(18)2)23(30)28-14-11-24(12-15-28,19-8-4-3-5-9-19)21-17-29-13-7-6-10-22(29)25-21/h3-10,13,16-17H,11-12,14-15H2,1-2H3. The van der Waals surface area contributed by atoms with E-state index in [1.165, 1.54) is 5.56 Å². The number of pyridine rings is 1. The molecule has 1 aromatic carbocycles. The number of hydrogen-bond acceptors (Lipinski definition) is 3. The number of carbonyl (C=O) groups is 1. The average molecular weight is 399 g/mol. The van der Waals surface area contributed by atoms with Crippen molar-refractivity contribution < 1.29 is 4.79 Å². The van der Waals surface area contributed by atoms with Gasteiger partial charge in [-0.25, -0.2) is 4.98 Å². The summed E-state index contributed by atoms with van der Waals surface area (Å²) in [4.78, 5) is 19.9. The molecule has 0 spiro atoms. The molecule has 0 bridgehead atoms. The number of aromatic nitrogens is 4. The predicted octanol–water partition coefficient (Wildman–Crippen LogP) is 3.60. The first-order valence-electron chi connectivity index (χ1n) is 10.4. The molecular weight excluding hydrogens is 374 g/mol. The van der Waals surface area contributed by atoms with Crippen LogP contribution in [0.1, 0.15) is 40.3 Å². The van der Waals surface area contributed by atoms with Crippen LogP contribution in [-0.4, -0.2) is 43.1 Å². The largest absolute Gasteiger partial charge is 0.337 e. The van der Waals surface area contributed by atoms with E-state index >= 15 is 0 Å². The third-order valence-corrected chi connectivity index (χ3v) is 6.42. The van der Waals surface area contributed by atoms with Gasteiger partial charge >= 0.3 is 0 Å². The summed E-state index contributed by atoms with van der Waals surface area (Å²) in [7, 11) is 1.87. The average Bonchev–Trinajstić information content (AvgIpc) is 3.37. The monoisotopic (exact) mass is 399 g/mol. The number of aryl methyl sites for hydroxylation is 2. The van der Waals surface area contributed by atoms with Crippen molar-refractivity contribution in [3.63, 3.8) is 0 Å². The third-order valence-electron chi connectivity index (χ3n) is 6.42. The van der Waals surface area contributed by atoms with Gasteiger partial charge in [-0.1, -0.05) is 36.4 Å². The molecule has 0 saturated carbocycles. The molecule has 4 aromatic rings. The van der Waals surface area contributed by atoms with Crippen molar-refractivity contribution in [3.8, 4) is 0 Å². The Morgan fingerprint density at radius 1 is 1.03 bits per heavy atom. The van der Waals surface area contributed by atoms with Crippen LogP contribution in [-0.2, 0) is 12.5 Å². The van der Waals surface area contributed by atoms with Crippen LogP contribution in [0.4, 0.5) is 0 Å². The Kier molecular flexibility index (Phi) is 4.42. The SMILES string of the molecule is Cc1cc(C(=O)N2CCC(c3ccccc3)(c3cn4ccccc4n3)CC2)nn1C. The highest BCUT2D eigenvalue weighted by atomic mass is 16.2. The van der Waals surface area contributed by atoms with Gasteiger partial charge in [0.15, 0.2) is 5.69 Å². The van der Waals surface area contributed by atoms with Crippen LogP contribution in [0.25, 0.3) is 5.65 Å². The number of nitrogens with zero attached hydrogens (tertiary/aromatic N) is 5. The molecule has 0 atom stereocenters. The fourth-order valence-electron chi connectivity index (χ4n) is 4.53. The molecule has 152 valence electrons. The minimum absolute atomic E-state index is 0.00960. The van der Waals surface area contributed by atoms with E-state index in [1.807, 2.05) is 55.4 Å². The molecule has 0 N–H and O–H groups in total. The first-order chi connectivity index (χ1) is 14.6. The van der Waals surface area contributed by atoms with Crippen molar-refractivity contribution in [1.29, 1.82) is 0 Å². The van der Waals surface area contributed by atoms with Crippen molar-refractivity contribution in [2.75, 3.05) is 13.1 Å². The molecule has 0 unspecified atom stereocenters. The fraction of sp³-hybridized carbons (Fsp3) is 0.292. The molecule has 1 saturated heterocycles. The van der Waals surface area contributed by atoms with Gasteiger partial charge in [0.05, 0.1) is 5.69 Å². The van der Waals surface area contributed by atoms with Gasteiger partial charge in [0.1, 0.15) is 5.65 Å². The Morgan fingerprint density at radius 2 is 1.77 bits per heavy atom. The van der Waals surface area contributed by atoms with Gasteiger partial charge in [-0.2, -0.15) is 5.10 Å². The molecule has 0 radical (unpaired) electrons. The van der Waals surface area contributed by atoms with Crippen molar-refractivity contribution in [2.45, 2.75) is 25.2 Å². The summed E-state index contributed by atoms with van der Waals surface area (Å²) in [5.41, 5.74) is 4.58. The number of benzene rings is 1. The van der Waals surface area contributed by atoms with Crippen molar-refractivity contribution in [1.82, 2.24) is 24.1 Å². The van der Waals surface area contributed by atoms with Gasteiger partial charge < -0.3 is 9.30 Å². The molecular formula is C24H25N5O. The van der Waals surface area contributed by atoms with Crippen LogP contribution in [0.5, 0.6) is 0 Å². The van der Waals surface area contributed by atoms with E-state index in [1.54, 1.807) is 4.68 Å². The van der Waals surface area contributed by atoms with E-state index in [0.717, 1.165) is 29.9 Å².